The number of carbonyl (C=O) groups excluding carboxylic acids is 1. The van der Waals surface area contributed by atoms with E-state index in [9.17, 15) is 9.59 Å². The van der Waals surface area contributed by atoms with Crippen LogP contribution in [0.25, 0.3) is 0 Å². The minimum atomic E-state index is -0.293. The summed E-state index contributed by atoms with van der Waals surface area (Å²) >= 11 is 0. The molecule has 0 saturated carbocycles. The van der Waals surface area contributed by atoms with Crippen LogP contribution < -0.4 is 10.2 Å². The van der Waals surface area contributed by atoms with Gasteiger partial charge < -0.3 is 18.8 Å². The van der Waals surface area contributed by atoms with Crippen LogP contribution >= 0.6 is 0 Å². The first-order chi connectivity index (χ1) is 12.1. The fourth-order valence-corrected chi connectivity index (χ4v) is 3.93. The molecule has 0 radical (unpaired) electrons. The molecule has 25 heavy (non-hydrogen) atoms. The molecule has 0 aromatic carbocycles. The number of amides is 1. The summed E-state index contributed by atoms with van der Waals surface area (Å²) in [6, 6.07) is 1.47. The van der Waals surface area contributed by atoms with Crippen molar-refractivity contribution in [3.8, 4) is 5.75 Å². The van der Waals surface area contributed by atoms with Gasteiger partial charge in [-0.25, -0.2) is 0 Å². The van der Waals surface area contributed by atoms with Gasteiger partial charge in [0.15, 0.2) is 0 Å². The Kier molecular flexibility index (Phi) is 5.44. The van der Waals surface area contributed by atoms with E-state index in [1.807, 2.05) is 4.90 Å². The average Bonchev–Trinajstić information content (AvgIpc) is 3.00. The molecule has 1 aromatic rings. The third kappa shape index (κ3) is 3.72. The van der Waals surface area contributed by atoms with Crippen LogP contribution in [0.4, 0.5) is 0 Å². The van der Waals surface area contributed by atoms with Gasteiger partial charge in [-0.05, 0) is 25.8 Å². The van der Waals surface area contributed by atoms with Crippen LogP contribution in [0.5, 0.6) is 5.75 Å². The van der Waals surface area contributed by atoms with Crippen molar-refractivity contribution < 1.29 is 18.7 Å². The van der Waals surface area contributed by atoms with Crippen LogP contribution in [0.15, 0.2) is 21.5 Å². The lowest BCUT2D eigenvalue weighted by molar-refractivity contribution is -0.146. The van der Waals surface area contributed by atoms with Crippen LogP contribution in [-0.2, 0) is 16.1 Å². The van der Waals surface area contributed by atoms with Gasteiger partial charge in [-0.1, -0.05) is 0 Å². The lowest BCUT2D eigenvalue weighted by Crippen LogP contribution is -2.50. The first-order valence-electron chi connectivity index (χ1n) is 8.74. The van der Waals surface area contributed by atoms with Crippen molar-refractivity contribution in [2.24, 2.45) is 5.41 Å². The summed E-state index contributed by atoms with van der Waals surface area (Å²) in [5, 5.41) is 0. The van der Waals surface area contributed by atoms with Crippen LogP contribution in [0.1, 0.15) is 25.0 Å². The second kappa shape index (κ2) is 7.58. The molecule has 1 spiro atoms. The highest BCUT2D eigenvalue weighted by molar-refractivity contribution is 5.84. The smallest absolute Gasteiger partial charge is 0.230 e. The molecule has 1 aromatic heterocycles. The number of ether oxygens (including phenoxy) is 2. The van der Waals surface area contributed by atoms with Gasteiger partial charge in [0.25, 0.3) is 0 Å². The standard InChI is InChI=1S/C18H26N2O5/c1-23-9-8-20-6-3-4-18(17(20)22)5-7-19(13-18)11-14-10-15(21)16(24-2)12-25-14/h10,12H,3-9,11,13H2,1-2H3/t18-/m1/s1. The molecule has 3 heterocycles. The fourth-order valence-electron chi connectivity index (χ4n) is 3.93. The van der Waals surface area contributed by atoms with Crippen molar-refractivity contribution in [1.29, 1.82) is 0 Å². The number of rotatable bonds is 6. The molecular weight excluding hydrogens is 324 g/mol. The zero-order valence-electron chi connectivity index (χ0n) is 15.0. The number of hydrogen-bond acceptors (Lipinski definition) is 6. The number of nitrogens with zero attached hydrogens (tertiary/aromatic N) is 2. The molecular formula is C18H26N2O5. The van der Waals surface area contributed by atoms with Crippen molar-refractivity contribution in [3.63, 3.8) is 0 Å². The highest BCUT2D eigenvalue weighted by atomic mass is 16.5. The molecule has 2 aliphatic heterocycles. The van der Waals surface area contributed by atoms with Crippen LogP contribution in [0.3, 0.4) is 0 Å². The van der Waals surface area contributed by atoms with Crippen molar-refractivity contribution in [1.82, 2.24) is 9.80 Å². The van der Waals surface area contributed by atoms with Gasteiger partial charge in [0, 0.05) is 32.8 Å². The molecule has 2 saturated heterocycles. The van der Waals surface area contributed by atoms with E-state index in [0.717, 1.165) is 32.4 Å². The largest absolute Gasteiger partial charge is 0.490 e. The normalized spacial score (nSPS) is 24.2. The van der Waals surface area contributed by atoms with E-state index >= 15 is 0 Å². The number of hydrogen-bond donors (Lipinski definition) is 0. The van der Waals surface area contributed by atoms with E-state index in [-0.39, 0.29) is 22.5 Å². The number of carbonyl (C=O) groups is 1. The highest BCUT2D eigenvalue weighted by Gasteiger charge is 2.48. The van der Waals surface area contributed by atoms with Crippen LogP contribution in [-0.4, -0.2) is 62.7 Å². The summed E-state index contributed by atoms with van der Waals surface area (Å²) in [6.45, 7) is 4.13. The van der Waals surface area contributed by atoms with Crippen molar-refractivity contribution in [2.45, 2.75) is 25.8 Å². The monoisotopic (exact) mass is 350 g/mol. The maximum absolute atomic E-state index is 12.9. The number of piperidine rings is 1. The van der Waals surface area contributed by atoms with Gasteiger partial charge in [0.05, 0.1) is 25.7 Å². The molecule has 2 fully saturated rings. The molecule has 0 aliphatic carbocycles. The molecule has 7 heteroatoms. The third-order valence-electron chi connectivity index (χ3n) is 5.27. The predicted molar refractivity (Wildman–Crippen MR) is 91.5 cm³/mol. The summed E-state index contributed by atoms with van der Waals surface area (Å²) in [4.78, 5) is 28.9. The Morgan fingerprint density at radius 2 is 2.08 bits per heavy atom. The van der Waals surface area contributed by atoms with Gasteiger partial charge in [-0.3, -0.25) is 14.5 Å². The molecule has 2 aliphatic rings. The molecule has 0 bridgehead atoms. The average molecular weight is 350 g/mol. The van der Waals surface area contributed by atoms with E-state index in [0.29, 0.717) is 32.0 Å². The Labute approximate surface area is 147 Å². The Morgan fingerprint density at radius 3 is 2.80 bits per heavy atom. The summed E-state index contributed by atoms with van der Waals surface area (Å²) in [5.41, 5.74) is -0.476. The highest BCUT2D eigenvalue weighted by Crippen LogP contribution is 2.40. The molecule has 3 rings (SSSR count). The Hall–Kier alpha value is -1.86. The maximum atomic E-state index is 12.9. The van der Waals surface area contributed by atoms with E-state index in [1.165, 1.54) is 19.4 Å². The quantitative estimate of drug-likeness (QED) is 0.765. The van der Waals surface area contributed by atoms with Crippen molar-refractivity contribution in [2.75, 3.05) is 47.0 Å². The summed E-state index contributed by atoms with van der Waals surface area (Å²) in [5.74, 6) is 1.05. The summed E-state index contributed by atoms with van der Waals surface area (Å²) < 4.78 is 15.5. The first-order valence-corrected chi connectivity index (χ1v) is 8.74. The SMILES string of the molecule is COCCN1CCC[C@]2(CCN(Cc3cc(=O)c(OC)co3)C2)C1=O. The fraction of sp³-hybridized carbons (Fsp3) is 0.667. The molecule has 0 unspecified atom stereocenters. The molecule has 138 valence electrons. The van der Waals surface area contributed by atoms with Gasteiger partial charge in [-0.15, -0.1) is 0 Å². The van der Waals surface area contributed by atoms with E-state index in [1.54, 1.807) is 7.11 Å². The van der Waals surface area contributed by atoms with Crippen molar-refractivity contribution in [3.05, 3.63) is 28.3 Å². The Morgan fingerprint density at radius 1 is 1.24 bits per heavy atom. The van der Waals surface area contributed by atoms with Crippen LogP contribution in [0.2, 0.25) is 0 Å². The van der Waals surface area contributed by atoms with E-state index in [4.69, 9.17) is 13.9 Å². The second-order valence-electron chi connectivity index (χ2n) is 6.91. The lowest BCUT2D eigenvalue weighted by Gasteiger charge is -2.39. The summed E-state index contributed by atoms with van der Waals surface area (Å²) in [7, 11) is 3.10. The first kappa shape index (κ1) is 17.9. The zero-order chi connectivity index (χ0) is 17.9. The van der Waals surface area contributed by atoms with Gasteiger partial charge in [0.2, 0.25) is 17.1 Å². The summed E-state index contributed by atoms with van der Waals surface area (Å²) in [6.07, 6.45) is 4.16. The predicted octanol–water partition coefficient (Wildman–Crippen LogP) is 1.11. The lowest BCUT2D eigenvalue weighted by atomic mass is 9.78. The molecule has 1 atom stereocenters. The molecule has 0 N–H and O–H groups in total. The van der Waals surface area contributed by atoms with Gasteiger partial charge >= 0.3 is 0 Å². The topological polar surface area (TPSA) is 72.2 Å². The van der Waals surface area contributed by atoms with Crippen molar-refractivity contribution >= 4 is 5.91 Å². The second-order valence-corrected chi connectivity index (χ2v) is 6.91. The molecule has 1 amide bonds. The Balaban J connectivity index is 1.65. The number of methoxy groups -OCH3 is 2. The van der Waals surface area contributed by atoms with E-state index < -0.39 is 0 Å². The van der Waals surface area contributed by atoms with Gasteiger partial charge in [0.1, 0.15) is 12.0 Å². The van der Waals surface area contributed by atoms with Crippen LogP contribution in [0, 0.1) is 5.41 Å². The molecule has 7 nitrogen and oxygen atoms in total. The minimum absolute atomic E-state index is 0.183. The van der Waals surface area contributed by atoms with Gasteiger partial charge in [-0.2, -0.15) is 0 Å². The number of likely N-dealkylation sites (tertiary alicyclic amines) is 2. The Bertz CT molecular complexity index is 674. The van der Waals surface area contributed by atoms with E-state index in [2.05, 4.69) is 4.90 Å². The minimum Gasteiger partial charge on any atom is -0.490 e. The maximum Gasteiger partial charge on any atom is 0.230 e. The third-order valence-corrected chi connectivity index (χ3v) is 5.27. The zero-order valence-corrected chi connectivity index (χ0v) is 15.0.